The fraction of sp³-hybridized carbons (Fsp3) is 0.538. The van der Waals surface area contributed by atoms with Gasteiger partial charge in [0.25, 0.3) is 0 Å². The predicted octanol–water partition coefficient (Wildman–Crippen LogP) is 3.85. The van der Waals surface area contributed by atoms with Crippen molar-refractivity contribution in [2.45, 2.75) is 38.2 Å². The number of hydrogen-bond acceptors (Lipinski definition) is 1. The van der Waals surface area contributed by atoms with E-state index in [1.807, 2.05) is 24.3 Å². The lowest BCUT2D eigenvalue weighted by molar-refractivity contribution is -0.0184. The highest BCUT2D eigenvalue weighted by Crippen LogP contribution is 2.42. The average Bonchev–Trinajstić information content (AvgIpc) is 2.17. The molecule has 1 aliphatic carbocycles. The molecule has 0 aromatic heterocycles. The minimum Gasteiger partial charge on any atom is -0.385 e. The van der Waals surface area contributed by atoms with Crippen molar-refractivity contribution in [3.63, 3.8) is 0 Å². The van der Waals surface area contributed by atoms with Crippen LogP contribution in [0.1, 0.15) is 38.2 Å². The van der Waals surface area contributed by atoms with Crippen LogP contribution in [0.3, 0.4) is 0 Å². The second-order valence-electron chi connectivity index (χ2n) is 4.71. The van der Waals surface area contributed by atoms with Gasteiger partial charge in [-0.25, -0.2) is 0 Å². The zero-order chi connectivity index (χ0) is 10.9. The molecule has 1 aromatic rings. The summed E-state index contributed by atoms with van der Waals surface area (Å²) in [6.07, 6.45) is 4.14. The second kappa shape index (κ2) is 4.26. The molecule has 1 fully saturated rings. The molecule has 1 N–H and O–H groups in total. The molecule has 0 bridgehead atoms. The maximum absolute atomic E-state index is 10.7. The Balaban J connectivity index is 2.32. The Morgan fingerprint density at radius 1 is 1.40 bits per heavy atom. The summed E-state index contributed by atoms with van der Waals surface area (Å²) in [5, 5.41) is 10.7. The van der Waals surface area contributed by atoms with E-state index in [9.17, 15) is 5.11 Å². The summed E-state index contributed by atoms with van der Waals surface area (Å²) in [6, 6.07) is 8.02. The van der Waals surface area contributed by atoms with Crippen LogP contribution >= 0.6 is 15.9 Å². The van der Waals surface area contributed by atoms with Crippen molar-refractivity contribution in [3.05, 3.63) is 34.3 Å². The van der Waals surface area contributed by atoms with E-state index in [-0.39, 0.29) is 0 Å². The van der Waals surface area contributed by atoms with E-state index in [4.69, 9.17) is 0 Å². The first-order valence-electron chi connectivity index (χ1n) is 5.59. The van der Waals surface area contributed by atoms with Gasteiger partial charge < -0.3 is 5.11 Å². The summed E-state index contributed by atoms with van der Waals surface area (Å²) in [5.74, 6) is 0.621. The van der Waals surface area contributed by atoms with Crippen molar-refractivity contribution < 1.29 is 5.11 Å². The van der Waals surface area contributed by atoms with Gasteiger partial charge in [0.05, 0.1) is 5.60 Å². The molecule has 0 radical (unpaired) electrons. The van der Waals surface area contributed by atoms with Gasteiger partial charge in [-0.1, -0.05) is 47.5 Å². The van der Waals surface area contributed by atoms with Crippen molar-refractivity contribution in [2.75, 3.05) is 0 Å². The van der Waals surface area contributed by atoms with Crippen LogP contribution in [0.4, 0.5) is 0 Å². The summed E-state index contributed by atoms with van der Waals surface area (Å²) in [6.45, 7) is 2.22. The van der Waals surface area contributed by atoms with E-state index in [1.54, 1.807) is 0 Å². The quantitative estimate of drug-likeness (QED) is 0.821. The lowest BCUT2D eigenvalue weighted by Gasteiger charge is -2.36. The summed E-state index contributed by atoms with van der Waals surface area (Å²) in [5.41, 5.74) is 0.439. The Labute approximate surface area is 99.6 Å². The number of rotatable bonds is 1. The van der Waals surface area contributed by atoms with Gasteiger partial charge in [0.2, 0.25) is 0 Å². The van der Waals surface area contributed by atoms with Gasteiger partial charge in [0.1, 0.15) is 0 Å². The lowest BCUT2D eigenvalue weighted by Crippen LogP contribution is -2.32. The molecule has 2 unspecified atom stereocenters. The SMILES string of the molecule is CC1CCCC(O)(c2ccccc2Br)C1. The average molecular weight is 269 g/mol. The normalized spacial score (nSPS) is 31.5. The van der Waals surface area contributed by atoms with E-state index in [2.05, 4.69) is 22.9 Å². The summed E-state index contributed by atoms with van der Waals surface area (Å²) < 4.78 is 1.03. The molecule has 2 atom stereocenters. The third-order valence-electron chi connectivity index (χ3n) is 3.35. The Kier molecular flexibility index (Phi) is 3.17. The highest BCUT2D eigenvalue weighted by molar-refractivity contribution is 9.10. The number of halogens is 1. The summed E-state index contributed by atoms with van der Waals surface area (Å²) in [7, 11) is 0. The summed E-state index contributed by atoms with van der Waals surface area (Å²) in [4.78, 5) is 0. The van der Waals surface area contributed by atoms with E-state index < -0.39 is 5.60 Å². The van der Waals surface area contributed by atoms with Crippen molar-refractivity contribution in [1.82, 2.24) is 0 Å². The molecule has 0 saturated heterocycles. The highest BCUT2D eigenvalue weighted by Gasteiger charge is 2.35. The zero-order valence-electron chi connectivity index (χ0n) is 9.04. The molecule has 2 rings (SSSR count). The van der Waals surface area contributed by atoms with E-state index in [0.717, 1.165) is 29.3 Å². The molecule has 82 valence electrons. The number of benzene rings is 1. The Bertz CT molecular complexity index is 350. The molecule has 0 spiro atoms. The molecule has 0 aliphatic heterocycles. The van der Waals surface area contributed by atoms with Crippen LogP contribution in [0.15, 0.2) is 28.7 Å². The van der Waals surface area contributed by atoms with Gasteiger partial charge in [-0.2, -0.15) is 0 Å². The van der Waals surface area contributed by atoms with Crippen molar-refractivity contribution >= 4 is 15.9 Å². The number of aliphatic hydroxyl groups is 1. The van der Waals surface area contributed by atoms with Crippen molar-refractivity contribution in [2.24, 2.45) is 5.92 Å². The van der Waals surface area contributed by atoms with Crippen LogP contribution in [0.2, 0.25) is 0 Å². The Morgan fingerprint density at radius 3 is 2.80 bits per heavy atom. The highest BCUT2D eigenvalue weighted by atomic mass is 79.9. The maximum atomic E-state index is 10.7. The fourth-order valence-electron chi connectivity index (χ4n) is 2.61. The molecule has 2 heteroatoms. The van der Waals surface area contributed by atoms with Crippen LogP contribution < -0.4 is 0 Å². The molecule has 1 aromatic carbocycles. The van der Waals surface area contributed by atoms with Crippen LogP contribution in [0.5, 0.6) is 0 Å². The van der Waals surface area contributed by atoms with Gasteiger partial charge in [0.15, 0.2) is 0 Å². The molecule has 1 saturated carbocycles. The Morgan fingerprint density at radius 2 is 2.13 bits per heavy atom. The monoisotopic (exact) mass is 268 g/mol. The van der Waals surface area contributed by atoms with Crippen LogP contribution in [-0.2, 0) is 5.60 Å². The molecule has 1 nitrogen and oxygen atoms in total. The molecular formula is C13H17BrO. The van der Waals surface area contributed by atoms with Gasteiger partial charge in [-0.3, -0.25) is 0 Å². The van der Waals surface area contributed by atoms with E-state index in [1.165, 1.54) is 6.42 Å². The minimum atomic E-state index is -0.613. The van der Waals surface area contributed by atoms with Gasteiger partial charge in [-0.15, -0.1) is 0 Å². The molecular weight excluding hydrogens is 252 g/mol. The standard InChI is InChI=1S/C13H17BrO/c1-10-5-4-8-13(15,9-10)11-6-2-3-7-12(11)14/h2-3,6-7,10,15H,4-5,8-9H2,1H3. The Hall–Kier alpha value is -0.340. The van der Waals surface area contributed by atoms with E-state index >= 15 is 0 Å². The first-order valence-corrected chi connectivity index (χ1v) is 6.38. The first kappa shape index (κ1) is 11.2. The third kappa shape index (κ3) is 2.26. The molecule has 15 heavy (non-hydrogen) atoms. The van der Waals surface area contributed by atoms with Crippen LogP contribution in [0, 0.1) is 5.92 Å². The molecule has 0 heterocycles. The van der Waals surface area contributed by atoms with Crippen LogP contribution in [0.25, 0.3) is 0 Å². The molecule has 0 amide bonds. The lowest BCUT2D eigenvalue weighted by atomic mass is 9.75. The minimum absolute atomic E-state index is 0.613. The number of hydrogen-bond donors (Lipinski definition) is 1. The van der Waals surface area contributed by atoms with Crippen molar-refractivity contribution in [1.29, 1.82) is 0 Å². The first-order chi connectivity index (χ1) is 7.12. The van der Waals surface area contributed by atoms with Crippen molar-refractivity contribution in [3.8, 4) is 0 Å². The van der Waals surface area contributed by atoms with Crippen LogP contribution in [-0.4, -0.2) is 5.11 Å². The second-order valence-corrected chi connectivity index (χ2v) is 5.57. The fourth-order valence-corrected chi connectivity index (χ4v) is 3.26. The largest absolute Gasteiger partial charge is 0.385 e. The van der Waals surface area contributed by atoms with E-state index in [0.29, 0.717) is 5.92 Å². The third-order valence-corrected chi connectivity index (χ3v) is 4.04. The predicted molar refractivity (Wildman–Crippen MR) is 65.7 cm³/mol. The maximum Gasteiger partial charge on any atom is 0.0910 e. The topological polar surface area (TPSA) is 20.2 Å². The smallest absolute Gasteiger partial charge is 0.0910 e. The van der Waals surface area contributed by atoms with Gasteiger partial charge >= 0.3 is 0 Å². The van der Waals surface area contributed by atoms with Gasteiger partial charge in [0, 0.05) is 4.47 Å². The molecule has 1 aliphatic rings. The summed E-state index contributed by atoms with van der Waals surface area (Å²) >= 11 is 3.53. The zero-order valence-corrected chi connectivity index (χ0v) is 10.6. The van der Waals surface area contributed by atoms with Gasteiger partial charge in [-0.05, 0) is 36.8 Å².